The van der Waals surface area contributed by atoms with Crippen molar-refractivity contribution in [1.82, 2.24) is 29.2 Å². The molecule has 0 bridgehead atoms. The molecule has 1 spiro atoms. The SMILES string of the molecule is O=C(O)C(F)(F)F.O=C1C=C(N2CC2)C(=O)C(N2CC2)=C1N1CC1.O=c1c2cc(N3CC4(COC4)C3)ccc2c2cnc(NC3CC(F)C3)nc2n1C1CCC(O)CC1. The van der Waals surface area contributed by atoms with Crippen molar-refractivity contribution in [2.45, 2.75) is 69.1 Å². The lowest BCUT2D eigenvalue weighted by atomic mass is 9.77. The average molecular weight is 825 g/mol. The van der Waals surface area contributed by atoms with E-state index in [4.69, 9.17) is 19.6 Å². The van der Waals surface area contributed by atoms with E-state index >= 15 is 0 Å². The smallest absolute Gasteiger partial charge is 0.475 e. The van der Waals surface area contributed by atoms with E-state index in [2.05, 4.69) is 21.3 Å². The first kappa shape index (κ1) is 39.2. The highest BCUT2D eigenvalue weighted by Crippen LogP contribution is 2.41. The fourth-order valence-electron chi connectivity index (χ4n) is 8.48. The molecule has 8 aliphatic rings. The predicted octanol–water partition coefficient (Wildman–Crippen LogP) is 2.98. The van der Waals surface area contributed by atoms with E-state index < -0.39 is 18.3 Å². The molecule has 7 fully saturated rings. The molecule has 0 radical (unpaired) electrons. The first-order chi connectivity index (χ1) is 28.2. The molecule has 2 saturated carbocycles. The number of nitrogens with one attached hydrogen (secondary N) is 1. The van der Waals surface area contributed by atoms with Gasteiger partial charge < -0.3 is 39.9 Å². The molecule has 3 N–H and O–H groups in total. The molecule has 5 aliphatic heterocycles. The van der Waals surface area contributed by atoms with Crippen molar-refractivity contribution in [3.05, 3.63) is 57.9 Å². The minimum atomic E-state index is -5.08. The second kappa shape index (κ2) is 14.8. The molecule has 3 aromatic rings. The van der Waals surface area contributed by atoms with Crippen molar-refractivity contribution >= 4 is 51.0 Å². The summed E-state index contributed by atoms with van der Waals surface area (Å²) in [4.78, 5) is 65.0. The number of halogens is 4. The number of aliphatic hydroxyl groups excluding tert-OH is 1. The number of hydrogen-bond donors (Lipinski definition) is 3. The Balaban J connectivity index is 0.000000154. The molecule has 2 aromatic heterocycles. The third kappa shape index (κ3) is 7.81. The van der Waals surface area contributed by atoms with Crippen LogP contribution in [0.2, 0.25) is 0 Å². The average Bonchev–Trinajstić information content (AvgIpc) is 3.98. The van der Waals surface area contributed by atoms with Crippen LogP contribution < -0.4 is 15.8 Å². The van der Waals surface area contributed by atoms with Gasteiger partial charge in [-0.05, 0) is 56.0 Å². The second-order valence-electron chi connectivity index (χ2n) is 16.7. The summed E-state index contributed by atoms with van der Waals surface area (Å²) in [6.07, 6.45) is 0.869. The minimum absolute atomic E-state index is 0.00546. The van der Waals surface area contributed by atoms with Gasteiger partial charge >= 0.3 is 12.1 Å². The van der Waals surface area contributed by atoms with Crippen molar-refractivity contribution in [2.24, 2.45) is 5.41 Å². The maximum atomic E-state index is 14.0. The summed E-state index contributed by atoms with van der Waals surface area (Å²) in [6.45, 7) is 8.97. The molecule has 5 saturated heterocycles. The molecule has 11 rings (SSSR count). The maximum absolute atomic E-state index is 14.0. The van der Waals surface area contributed by atoms with Crippen LogP contribution in [0.25, 0.3) is 21.8 Å². The third-order valence-electron chi connectivity index (χ3n) is 12.1. The van der Waals surface area contributed by atoms with E-state index in [1.165, 1.54) is 6.08 Å². The van der Waals surface area contributed by atoms with E-state index in [1.54, 1.807) is 6.20 Å². The molecular weight excluding hydrogens is 780 g/mol. The van der Waals surface area contributed by atoms with E-state index in [0.717, 1.165) is 94.9 Å². The van der Waals surface area contributed by atoms with Gasteiger partial charge in [-0.1, -0.05) is 6.07 Å². The van der Waals surface area contributed by atoms with Crippen LogP contribution in [0.3, 0.4) is 0 Å². The van der Waals surface area contributed by atoms with Crippen LogP contribution in [0.15, 0.2) is 52.4 Å². The number of pyridine rings is 1. The number of ether oxygens (including phenoxy) is 1. The Kier molecular flexibility index (Phi) is 9.80. The van der Waals surface area contributed by atoms with Crippen LogP contribution in [0, 0.1) is 5.41 Å². The number of fused-ring (bicyclic) bond motifs is 3. The lowest BCUT2D eigenvalue weighted by Gasteiger charge is -2.56. The van der Waals surface area contributed by atoms with Gasteiger partial charge in [-0.2, -0.15) is 18.2 Å². The number of hydrogen-bond acceptors (Lipinski definition) is 13. The van der Waals surface area contributed by atoms with Gasteiger partial charge in [0, 0.05) is 87.8 Å². The normalized spacial score (nSPS) is 26.6. The number of carboxylic acid groups (broad SMARTS) is 1. The Bertz CT molecular complexity index is 2330. The van der Waals surface area contributed by atoms with Gasteiger partial charge in [0.05, 0.1) is 35.8 Å². The summed E-state index contributed by atoms with van der Waals surface area (Å²) in [5, 5.41) is 22.8. The largest absolute Gasteiger partial charge is 0.490 e. The van der Waals surface area contributed by atoms with Gasteiger partial charge in [-0.3, -0.25) is 19.0 Å². The van der Waals surface area contributed by atoms with Gasteiger partial charge in [-0.25, -0.2) is 14.2 Å². The zero-order valence-corrected chi connectivity index (χ0v) is 32.1. The predicted molar refractivity (Wildman–Crippen MR) is 205 cm³/mol. The maximum Gasteiger partial charge on any atom is 0.490 e. The Labute approximate surface area is 334 Å². The topological polar surface area (TPSA) is 173 Å². The lowest BCUT2D eigenvalue weighted by molar-refractivity contribution is -0.192. The lowest BCUT2D eigenvalue weighted by Crippen LogP contribution is -2.66. The first-order valence-corrected chi connectivity index (χ1v) is 20.0. The van der Waals surface area contributed by atoms with Crippen molar-refractivity contribution in [2.75, 3.05) is 75.8 Å². The summed E-state index contributed by atoms with van der Waals surface area (Å²) >= 11 is 0. The minimum Gasteiger partial charge on any atom is -0.475 e. The molecular formula is C40H44F4N8O7. The molecule has 314 valence electrons. The Morgan fingerprint density at radius 2 is 1.49 bits per heavy atom. The highest BCUT2D eigenvalue weighted by atomic mass is 19.4. The quantitative estimate of drug-likeness (QED) is 0.137. The number of carbonyl (C=O) groups is 3. The van der Waals surface area contributed by atoms with Crippen LogP contribution in [0.4, 0.5) is 29.2 Å². The van der Waals surface area contributed by atoms with Crippen LogP contribution in [0.1, 0.15) is 44.6 Å². The van der Waals surface area contributed by atoms with Gasteiger partial charge in [0.1, 0.15) is 23.2 Å². The van der Waals surface area contributed by atoms with Gasteiger partial charge in [0.15, 0.2) is 0 Å². The zero-order chi connectivity index (χ0) is 41.4. The summed E-state index contributed by atoms with van der Waals surface area (Å²) in [5.74, 6) is -2.28. The molecule has 59 heavy (non-hydrogen) atoms. The Morgan fingerprint density at radius 1 is 0.864 bits per heavy atom. The number of ketones is 2. The molecule has 15 nitrogen and oxygen atoms in total. The van der Waals surface area contributed by atoms with Crippen LogP contribution in [-0.4, -0.2) is 147 Å². The standard InChI is InChI=1S/C26H30FN5O3.C12H13N3O2.C2HF3O2/c27-15-7-16(8-15)29-25-28-10-22-20-6-3-18(31-11-26(12-31)13-35-14-26)9-21(20)24(34)32(23(22)30-25)17-1-4-19(33)5-2-17;16-9-7-8(13-1-2-13)12(17)11(15-5-6-15)10(9)14-3-4-14;3-2(4,5)1(6)7/h3,6,9-10,15-17,19,33H,1-2,4-5,7-8,11-14H2,(H,28,29,30);7H,1-6H2;(H,6,7). The van der Waals surface area contributed by atoms with Crippen LogP contribution >= 0.6 is 0 Å². The number of aromatic nitrogens is 3. The van der Waals surface area contributed by atoms with E-state index in [1.807, 2.05) is 31.4 Å². The van der Waals surface area contributed by atoms with Gasteiger partial charge in [-0.15, -0.1) is 0 Å². The summed E-state index contributed by atoms with van der Waals surface area (Å²) < 4.78 is 52.3. The number of allylic oxidation sites excluding steroid dienone is 1. The summed E-state index contributed by atoms with van der Waals surface area (Å²) in [6, 6.07) is 6.11. The van der Waals surface area contributed by atoms with Crippen molar-refractivity contribution in [3.63, 3.8) is 0 Å². The Hall–Kier alpha value is -5.30. The van der Waals surface area contributed by atoms with E-state index in [0.29, 0.717) is 65.2 Å². The fourth-order valence-corrected chi connectivity index (χ4v) is 8.48. The number of nitrogens with zero attached hydrogens (tertiary/aromatic N) is 7. The highest BCUT2D eigenvalue weighted by Gasteiger charge is 2.49. The molecule has 1 aromatic carbocycles. The fraction of sp³-hybridized carbons (Fsp3) is 0.550. The monoisotopic (exact) mass is 824 g/mol. The zero-order valence-electron chi connectivity index (χ0n) is 32.1. The number of aliphatic carboxylic acids is 1. The molecule has 0 atom stereocenters. The summed E-state index contributed by atoms with van der Waals surface area (Å²) in [5.41, 5.74) is 3.80. The van der Waals surface area contributed by atoms with Crippen LogP contribution in [-0.2, 0) is 19.1 Å². The number of alkyl halides is 4. The van der Waals surface area contributed by atoms with Crippen molar-refractivity contribution in [1.29, 1.82) is 0 Å². The molecule has 0 amide bonds. The van der Waals surface area contributed by atoms with Crippen molar-refractivity contribution in [3.8, 4) is 0 Å². The highest BCUT2D eigenvalue weighted by molar-refractivity contribution is 6.22. The van der Waals surface area contributed by atoms with Gasteiger partial charge in [0.25, 0.3) is 5.56 Å². The van der Waals surface area contributed by atoms with Gasteiger partial charge in [0.2, 0.25) is 17.5 Å². The number of carboxylic acids is 1. The molecule has 0 unspecified atom stereocenters. The molecule has 3 aliphatic carbocycles. The number of anilines is 2. The number of benzene rings is 1. The van der Waals surface area contributed by atoms with Crippen LogP contribution in [0.5, 0.6) is 0 Å². The number of carbonyl (C=O) groups excluding carboxylic acids is 2. The molecule has 7 heterocycles. The first-order valence-electron chi connectivity index (χ1n) is 20.0. The van der Waals surface area contributed by atoms with Crippen molar-refractivity contribution < 1.29 is 46.9 Å². The number of Topliss-reactive ketones (excluding diaryl/α,β-unsaturated/α-hetero) is 1. The Morgan fingerprint density at radius 3 is 2.05 bits per heavy atom. The second-order valence-corrected chi connectivity index (χ2v) is 16.7. The summed E-state index contributed by atoms with van der Waals surface area (Å²) in [7, 11) is 0. The van der Waals surface area contributed by atoms with E-state index in [-0.39, 0.29) is 35.3 Å². The van der Waals surface area contributed by atoms with E-state index in [9.17, 15) is 37.1 Å². The number of rotatable bonds is 7. The molecule has 19 heteroatoms. The third-order valence-corrected chi connectivity index (χ3v) is 12.1. The number of aliphatic hydroxyl groups is 1.